The fourth-order valence-corrected chi connectivity index (χ4v) is 1.24. The number of alkyl halides is 1. The van der Waals surface area contributed by atoms with Crippen molar-refractivity contribution in [2.45, 2.75) is 25.1 Å². The molecule has 1 unspecified atom stereocenters. The normalized spacial score (nSPS) is 12.3. The van der Waals surface area contributed by atoms with Crippen molar-refractivity contribution in [3.05, 3.63) is 0 Å². The van der Waals surface area contributed by atoms with Gasteiger partial charge in [0.15, 0.2) is 0 Å². The highest BCUT2D eigenvalue weighted by Crippen LogP contribution is 2.11. The van der Waals surface area contributed by atoms with E-state index in [9.17, 15) is 9.59 Å². The predicted octanol–water partition coefficient (Wildman–Crippen LogP) is 0.675. The number of hydrogen-bond acceptors (Lipinski definition) is 3. The van der Waals surface area contributed by atoms with E-state index in [2.05, 4.69) is 26.6 Å². The van der Waals surface area contributed by atoms with Crippen LogP contribution in [0, 0.1) is 5.92 Å². The number of ether oxygens (including phenoxy) is 1. The van der Waals surface area contributed by atoms with Crippen LogP contribution >= 0.6 is 15.9 Å². The first-order valence-electron chi connectivity index (χ1n) is 5.66. The third kappa shape index (κ3) is 8.15. The number of carbonyl (C=O) groups is 2. The molecule has 5 nitrogen and oxygen atoms in total. The van der Waals surface area contributed by atoms with E-state index >= 15 is 0 Å². The molecule has 0 spiro atoms. The molecule has 0 aromatic rings. The predicted molar refractivity (Wildman–Crippen MR) is 70.1 cm³/mol. The van der Waals surface area contributed by atoms with Gasteiger partial charge in [-0.2, -0.15) is 0 Å². The van der Waals surface area contributed by atoms with Crippen LogP contribution in [-0.2, 0) is 14.3 Å². The topological polar surface area (TPSA) is 67.4 Å². The van der Waals surface area contributed by atoms with Gasteiger partial charge in [-0.15, -0.1) is 0 Å². The molecular weight excluding hydrogens is 288 g/mol. The van der Waals surface area contributed by atoms with Gasteiger partial charge in [0.1, 0.15) is 0 Å². The molecule has 17 heavy (non-hydrogen) atoms. The SMILES string of the molecule is COCCCNC(=O)CNC(=O)C(Br)C(C)C. The van der Waals surface area contributed by atoms with E-state index in [4.69, 9.17) is 4.74 Å². The van der Waals surface area contributed by atoms with Gasteiger partial charge in [0.05, 0.1) is 11.4 Å². The van der Waals surface area contributed by atoms with Gasteiger partial charge in [-0.1, -0.05) is 29.8 Å². The Morgan fingerprint density at radius 3 is 2.47 bits per heavy atom. The average Bonchev–Trinajstić information content (AvgIpc) is 2.30. The van der Waals surface area contributed by atoms with Crippen LogP contribution in [-0.4, -0.2) is 43.4 Å². The minimum absolute atomic E-state index is 0.0145. The van der Waals surface area contributed by atoms with Crippen LogP contribution in [0.5, 0.6) is 0 Å². The highest BCUT2D eigenvalue weighted by atomic mass is 79.9. The summed E-state index contributed by atoms with van der Waals surface area (Å²) in [5.74, 6) is -0.148. The van der Waals surface area contributed by atoms with Crippen molar-refractivity contribution >= 4 is 27.7 Å². The summed E-state index contributed by atoms with van der Waals surface area (Å²) < 4.78 is 4.85. The van der Waals surface area contributed by atoms with Gasteiger partial charge in [-0.3, -0.25) is 9.59 Å². The lowest BCUT2D eigenvalue weighted by Gasteiger charge is -2.13. The Labute approximate surface area is 111 Å². The van der Waals surface area contributed by atoms with Crippen molar-refractivity contribution in [2.75, 3.05) is 26.8 Å². The second-order valence-electron chi connectivity index (χ2n) is 4.06. The lowest BCUT2D eigenvalue weighted by molar-refractivity contribution is -0.126. The standard InChI is InChI=1S/C11H21BrN2O3/c1-8(2)10(12)11(16)14-7-9(15)13-5-4-6-17-3/h8,10H,4-7H2,1-3H3,(H,13,15)(H,14,16). The molecule has 0 heterocycles. The molecule has 0 aliphatic heterocycles. The second kappa shape index (κ2) is 9.41. The number of carbonyl (C=O) groups excluding carboxylic acids is 2. The summed E-state index contributed by atoms with van der Waals surface area (Å²) >= 11 is 3.27. The minimum Gasteiger partial charge on any atom is -0.385 e. The smallest absolute Gasteiger partial charge is 0.239 e. The molecule has 100 valence electrons. The molecule has 6 heteroatoms. The van der Waals surface area contributed by atoms with Crippen molar-refractivity contribution in [3.63, 3.8) is 0 Å². The van der Waals surface area contributed by atoms with Crippen LogP contribution in [0.4, 0.5) is 0 Å². The number of methoxy groups -OCH3 is 1. The monoisotopic (exact) mass is 308 g/mol. The molecule has 0 aromatic carbocycles. The zero-order valence-electron chi connectivity index (χ0n) is 10.6. The second-order valence-corrected chi connectivity index (χ2v) is 5.05. The van der Waals surface area contributed by atoms with Gasteiger partial charge in [-0.25, -0.2) is 0 Å². The van der Waals surface area contributed by atoms with Crippen molar-refractivity contribution < 1.29 is 14.3 Å². The molecule has 2 N–H and O–H groups in total. The van der Waals surface area contributed by atoms with Gasteiger partial charge in [-0.05, 0) is 12.3 Å². The van der Waals surface area contributed by atoms with Crippen molar-refractivity contribution in [3.8, 4) is 0 Å². The summed E-state index contributed by atoms with van der Waals surface area (Å²) in [7, 11) is 1.62. The van der Waals surface area contributed by atoms with Crippen molar-refractivity contribution in [2.24, 2.45) is 5.92 Å². The summed E-state index contributed by atoms with van der Waals surface area (Å²) in [6.07, 6.45) is 0.767. The Balaban J connectivity index is 3.66. The molecule has 0 fully saturated rings. The summed E-state index contributed by atoms with van der Waals surface area (Å²) in [6.45, 7) is 5.06. The Morgan fingerprint density at radius 1 is 1.29 bits per heavy atom. The van der Waals surface area contributed by atoms with Gasteiger partial charge < -0.3 is 15.4 Å². The quantitative estimate of drug-likeness (QED) is 0.512. The summed E-state index contributed by atoms with van der Waals surface area (Å²) in [5.41, 5.74) is 0. The number of halogens is 1. The van der Waals surface area contributed by atoms with E-state index in [0.717, 1.165) is 6.42 Å². The molecule has 0 aliphatic rings. The molecule has 0 aromatic heterocycles. The van der Waals surface area contributed by atoms with Crippen molar-refractivity contribution in [1.82, 2.24) is 10.6 Å². The molecule has 0 saturated heterocycles. The zero-order chi connectivity index (χ0) is 13.3. The summed E-state index contributed by atoms with van der Waals surface area (Å²) in [5, 5.41) is 5.27. The van der Waals surface area contributed by atoms with Crippen LogP contribution in [0.15, 0.2) is 0 Å². The van der Waals surface area contributed by atoms with Crippen LogP contribution in [0.1, 0.15) is 20.3 Å². The molecule has 0 radical (unpaired) electrons. The molecule has 0 saturated carbocycles. The Hall–Kier alpha value is -0.620. The largest absolute Gasteiger partial charge is 0.385 e. The van der Waals surface area contributed by atoms with Gasteiger partial charge in [0.2, 0.25) is 11.8 Å². The Morgan fingerprint density at radius 2 is 1.94 bits per heavy atom. The van der Waals surface area contributed by atoms with Crippen LogP contribution < -0.4 is 10.6 Å². The van der Waals surface area contributed by atoms with E-state index in [1.54, 1.807) is 7.11 Å². The average molecular weight is 309 g/mol. The number of amides is 2. The molecular formula is C11H21BrN2O3. The van der Waals surface area contributed by atoms with Gasteiger partial charge in [0.25, 0.3) is 0 Å². The van der Waals surface area contributed by atoms with Crippen LogP contribution in [0.25, 0.3) is 0 Å². The fraction of sp³-hybridized carbons (Fsp3) is 0.818. The van der Waals surface area contributed by atoms with Gasteiger partial charge >= 0.3 is 0 Å². The highest BCUT2D eigenvalue weighted by Gasteiger charge is 2.18. The summed E-state index contributed by atoms with van der Waals surface area (Å²) in [6, 6.07) is 0. The zero-order valence-corrected chi connectivity index (χ0v) is 12.2. The first kappa shape index (κ1) is 16.4. The number of hydrogen-bond donors (Lipinski definition) is 2. The lowest BCUT2D eigenvalue weighted by atomic mass is 10.1. The molecule has 0 aliphatic carbocycles. The van der Waals surface area contributed by atoms with E-state index in [1.165, 1.54) is 0 Å². The van der Waals surface area contributed by atoms with E-state index in [1.807, 2.05) is 13.8 Å². The lowest BCUT2D eigenvalue weighted by Crippen LogP contribution is -2.41. The van der Waals surface area contributed by atoms with Crippen LogP contribution in [0.3, 0.4) is 0 Å². The van der Waals surface area contributed by atoms with Gasteiger partial charge in [0, 0.05) is 20.3 Å². The Kier molecular flexibility index (Phi) is 9.07. The maximum Gasteiger partial charge on any atom is 0.239 e. The fourth-order valence-electron chi connectivity index (χ4n) is 1.07. The minimum atomic E-state index is -0.260. The molecule has 1 atom stereocenters. The van der Waals surface area contributed by atoms with Crippen molar-refractivity contribution in [1.29, 1.82) is 0 Å². The third-order valence-corrected chi connectivity index (χ3v) is 3.58. The summed E-state index contributed by atoms with van der Waals surface area (Å²) in [4.78, 5) is 22.6. The number of rotatable bonds is 8. The first-order valence-corrected chi connectivity index (χ1v) is 6.58. The van der Waals surface area contributed by atoms with E-state index in [-0.39, 0.29) is 29.1 Å². The maximum absolute atomic E-state index is 11.5. The van der Waals surface area contributed by atoms with Crippen LogP contribution in [0.2, 0.25) is 0 Å². The molecule has 0 rings (SSSR count). The van der Waals surface area contributed by atoms with E-state index < -0.39 is 0 Å². The van der Waals surface area contributed by atoms with E-state index in [0.29, 0.717) is 13.2 Å². The third-order valence-electron chi connectivity index (χ3n) is 2.11. The Bertz CT molecular complexity index is 247. The highest BCUT2D eigenvalue weighted by molar-refractivity contribution is 9.10. The maximum atomic E-state index is 11.5. The number of nitrogens with one attached hydrogen (secondary N) is 2. The molecule has 0 bridgehead atoms. The first-order chi connectivity index (χ1) is 7.99. The molecule has 2 amide bonds.